The van der Waals surface area contributed by atoms with Crippen molar-refractivity contribution >= 4 is 11.0 Å². The minimum atomic E-state index is -0.839. The van der Waals surface area contributed by atoms with E-state index >= 15 is 0 Å². The molecule has 3 rings (SSSR count). The molecule has 2 aromatic rings. The van der Waals surface area contributed by atoms with Crippen molar-refractivity contribution in [2.24, 2.45) is 0 Å². The third kappa shape index (κ3) is 1.69. The molecular weight excluding hydrogens is 232 g/mol. The van der Waals surface area contributed by atoms with Crippen LogP contribution in [0.4, 0.5) is 0 Å². The molecule has 0 fully saturated rings. The second kappa shape index (κ2) is 3.59. The normalized spacial score (nSPS) is 18.7. The maximum Gasteiger partial charge on any atom is 0.336 e. The van der Waals surface area contributed by atoms with Crippen molar-refractivity contribution in [3.05, 3.63) is 40.2 Å². The second-order valence-electron chi connectivity index (χ2n) is 5.20. The first-order valence-electron chi connectivity index (χ1n) is 5.88. The third-order valence-electron chi connectivity index (χ3n) is 3.39. The molecule has 0 bridgehead atoms. The molecule has 1 aliphatic rings. The predicted octanol–water partition coefficient (Wildman–Crippen LogP) is 2.04. The maximum atomic E-state index is 11.2. The molecular formula is C14H14O4. The molecule has 0 radical (unpaired) electrons. The van der Waals surface area contributed by atoms with Gasteiger partial charge in [0.2, 0.25) is 0 Å². The molecule has 4 heteroatoms. The molecule has 1 unspecified atom stereocenters. The Hall–Kier alpha value is -1.81. The number of rotatable bonds is 1. The molecule has 0 aliphatic carbocycles. The molecule has 1 aromatic carbocycles. The van der Waals surface area contributed by atoms with E-state index in [4.69, 9.17) is 9.15 Å². The van der Waals surface area contributed by atoms with Gasteiger partial charge < -0.3 is 14.3 Å². The Morgan fingerprint density at radius 2 is 2.11 bits per heavy atom. The number of hydrogen-bond donors (Lipinski definition) is 1. The number of benzene rings is 1. The van der Waals surface area contributed by atoms with Crippen LogP contribution in [-0.4, -0.2) is 17.3 Å². The monoisotopic (exact) mass is 246 g/mol. The van der Waals surface area contributed by atoms with Gasteiger partial charge in [-0.05, 0) is 26.0 Å². The standard InChI is InChI=1S/C14H14O4/c1-14(2,16)10-7-17-12-6-11-8(5-9(10)12)3-4-13(15)18-11/h3-6,10,16H,7H2,1-2H3. The van der Waals surface area contributed by atoms with Crippen LogP contribution in [0.3, 0.4) is 0 Å². The lowest BCUT2D eigenvalue weighted by atomic mass is 9.86. The number of ether oxygens (including phenoxy) is 1. The van der Waals surface area contributed by atoms with Crippen molar-refractivity contribution in [1.29, 1.82) is 0 Å². The summed E-state index contributed by atoms with van der Waals surface area (Å²) in [5, 5.41) is 11.0. The lowest BCUT2D eigenvalue weighted by molar-refractivity contribution is 0.0422. The lowest BCUT2D eigenvalue weighted by Gasteiger charge is -2.24. The van der Waals surface area contributed by atoms with E-state index in [1.165, 1.54) is 6.07 Å². The summed E-state index contributed by atoms with van der Waals surface area (Å²) < 4.78 is 10.7. The van der Waals surface area contributed by atoms with Crippen molar-refractivity contribution in [1.82, 2.24) is 0 Å². The van der Waals surface area contributed by atoms with Crippen molar-refractivity contribution in [2.75, 3.05) is 6.61 Å². The van der Waals surface area contributed by atoms with E-state index < -0.39 is 5.60 Å². The summed E-state index contributed by atoms with van der Waals surface area (Å²) in [4.78, 5) is 11.2. The second-order valence-corrected chi connectivity index (χ2v) is 5.20. The molecule has 18 heavy (non-hydrogen) atoms. The summed E-state index contributed by atoms with van der Waals surface area (Å²) in [6.07, 6.45) is 0. The van der Waals surface area contributed by atoms with Crippen LogP contribution in [0.2, 0.25) is 0 Å². The number of hydrogen-bond acceptors (Lipinski definition) is 4. The van der Waals surface area contributed by atoms with E-state index in [9.17, 15) is 9.90 Å². The average molecular weight is 246 g/mol. The minimum Gasteiger partial charge on any atom is -0.492 e. The van der Waals surface area contributed by atoms with Crippen LogP contribution < -0.4 is 10.4 Å². The fourth-order valence-corrected chi connectivity index (χ4v) is 2.36. The Labute approximate surface area is 104 Å². The first kappa shape index (κ1) is 11.3. The van der Waals surface area contributed by atoms with Gasteiger partial charge in [-0.25, -0.2) is 4.79 Å². The van der Waals surface area contributed by atoms with Crippen LogP contribution in [0.25, 0.3) is 11.0 Å². The van der Waals surface area contributed by atoms with E-state index in [1.54, 1.807) is 26.0 Å². The van der Waals surface area contributed by atoms with Gasteiger partial charge in [-0.1, -0.05) is 0 Å². The zero-order valence-electron chi connectivity index (χ0n) is 10.3. The van der Waals surface area contributed by atoms with Crippen molar-refractivity contribution in [3.63, 3.8) is 0 Å². The zero-order valence-corrected chi connectivity index (χ0v) is 10.3. The summed E-state index contributed by atoms with van der Waals surface area (Å²) >= 11 is 0. The molecule has 4 nitrogen and oxygen atoms in total. The molecule has 1 aromatic heterocycles. The van der Waals surface area contributed by atoms with Crippen molar-refractivity contribution in [3.8, 4) is 5.75 Å². The minimum absolute atomic E-state index is 0.0659. The maximum absolute atomic E-state index is 11.2. The van der Waals surface area contributed by atoms with E-state index in [-0.39, 0.29) is 11.5 Å². The summed E-state index contributed by atoms with van der Waals surface area (Å²) in [7, 11) is 0. The Bertz CT molecular complexity index is 664. The molecule has 1 atom stereocenters. The van der Waals surface area contributed by atoms with E-state index in [1.807, 2.05) is 6.07 Å². The highest BCUT2D eigenvalue weighted by Gasteiger charge is 2.36. The number of aliphatic hydroxyl groups is 1. The van der Waals surface area contributed by atoms with Crippen LogP contribution in [0.15, 0.2) is 33.5 Å². The fraction of sp³-hybridized carbons (Fsp3) is 0.357. The Balaban J connectivity index is 2.21. The van der Waals surface area contributed by atoms with Crippen LogP contribution in [-0.2, 0) is 0 Å². The first-order valence-corrected chi connectivity index (χ1v) is 5.88. The summed E-state index contributed by atoms with van der Waals surface area (Å²) in [6, 6.07) is 6.76. The highest BCUT2D eigenvalue weighted by atomic mass is 16.5. The Morgan fingerprint density at radius 3 is 2.83 bits per heavy atom. The van der Waals surface area contributed by atoms with E-state index in [0.717, 1.165) is 10.9 Å². The lowest BCUT2D eigenvalue weighted by Crippen LogP contribution is -2.29. The Morgan fingerprint density at radius 1 is 1.33 bits per heavy atom. The van der Waals surface area contributed by atoms with Gasteiger partial charge in [0.1, 0.15) is 11.3 Å². The molecule has 0 amide bonds. The molecule has 0 spiro atoms. The van der Waals surface area contributed by atoms with Gasteiger partial charge in [-0.2, -0.15) is 0 Å². The highest BCUT2D eigenvalue weighted by Crippen LogP contribution is 2.41. The van der Waals surface area contributed by atoms with E-state index in [2.05, 4.69) is 0 Å². The van der Waals surface area contributed by atoms with Crippen molar-refractivity contribution < 1.29 is 14.3 Å². The highest BCUT2D eigenvalue weighted by molar-refractivity contribution is 5.80. The fourth-order valence-electron chi connectivity index (χ4n) is 2.36. The van der Waals surface area contributed by atoms with Gasteiger partial charge in [-0.15, -0.1) is 0 Å². The topological polar surface area (TPSA) is 59.7 Å². The zero-order chi connectivity index (χ0) is 12.9. The van der Waals surface area contributed by atoms with Gasteiger partial charge in [0.25, 0.3) is 0 Å². The van der Waals surface area contributed by atoms with Gasteiger partial charge in [0.05, 0.1) is 18.1 Å². The van der Waals surface area contributed by atoms with Crippen molar-refractivity contribution in [2.45, 2.75) is 25.4 Å². The van der Waals surface area contributed by atoms with Crippen LogP contribution in [0, 0.1) is 0 Å². The third-order valence-corrected chi connectivity index (χ3v) is 3.39. The summed E-state index contributed by atoms with van der Waals surface area (Å²) in [6.45, 7) is 3.98. The largest absolute Gasteiger partial charge is 0.492 e. The van der Waals surface area contributed by atoms with E-state index in [0.29, 0.717) is 17.9 Å². The molecule has 0 saturated carbocycles. The Kier molecular flexibility index (Phi) is 2.25. The molecule has 1 aliphatic heterocycles. The summed E-state index contributed by atoms with van der Waals surface area (Å²) in [5.41, 5.74) is 0.259. The predicted molar refractivity (Wildman–Crippen MR) is 67.0 cm³/mol. The molecule has 0 saturated heterocycles. The van der Waals surface area contributed by atoms with Gasteiger partial charge in [-0.3, -0.25) is 0 Å². The number of fused-ring (bicyclic) bond motifs is 2. The van der Waals surface area contributed by atoms with Gasteiger partial charge in [0.15, 0.2) is 0 Å². The molecule has 2 heterocycles. The van der Waals surface area contributed by atoms with Crippen LogP contribution in [0.5, 0.6) is 5.75 Å². The van der Waals surface area contributed by atoms with Crippen LogP contribution >= 0.6 is 0 Å². The first-order chi connectivity index (χ1) is 8.45. The quantitative estimate of drug-likeness (QED) is 0.782. The molecule has 1 N–H and O–H groups in total. The summed E-state index contributed by atoms with van der Waals surface area (Å²) in [5.74, 6) is 0.618. The average Bonchev–Trinajstić information content (AvgIpc) is 2.68. The SMILES string of the molecule is CC(C)(O)C1COc2cc3oc(=O)ccc3cc21. The molecule has 94 valence electrons. The van der Waals surface area contributed by atoms with Gasteiger partial charge >= 0.3 is 5.63 Å². The van der Waals surface area contributed by atoms with Gasteiger partial charge in [0, 0.05) is 23.1 Å². The van der Waals surface area contributed by atoms with Crippen LogP contribution in [0.1, 0.15) is 25.3 Å². The smallest absolute Gasteiger partial charge is 0.336 e.